The molecule has 0 fully saturated rings. The second-order valence-corrected chi connectivity index (χ2v) is 8.44. The van der Waals surface area contributed by atoms with Crippen LogP contribution in [0.5, 0.6) is 0 Å². The van der Waals surface area contributed by atoms with Gasteiger partial charge in [-0.2, -0.15) is 0 Å². The van der Waals surface area contributed by atoms with Gasteiger partial charge < -0.3 is 0 Å². The molecule has 0 radical (unpaired) electrons. The molecule has 1 amide bonds. The molecule has 1 atom stereocenters. The van der Waals surface area contributed by atoms with Gasteiger partial charge in [-0.3, -0.25) is 4.79 Å². The molecular formula is C18H16BrNO3S. The van der Waals surface area contributed by atoms with Crippen LogP contribution in [0.15, 0.2) is 64.5 Å². The number of hydrogen-bond donors (Lipinski definition) is 0. The van der Waals surface area contributed by atoms with E-state index < -0.39 is 22.0 Å². The zero-order chi connectivity index (χ0) is 17.5. The van der Waals surface area contributed by atoms with Crippen LogP contribution in [0.2, 0.25) is 0 Å². The smallest absolute Gasteiger partial charge is 0.267 e. The van der Waals surface area contributed by atoms with E-state index in [1.165, 1.54) is 18.2 Å². The fourth-order valence-corrected chi connectivity index (χ4v) is 4.77. The Kier molecular flexibility index (Phi) is 4.36. The third-order valence-corrected chi connectivity index (χ3v) is 6.38. The van der Waals surface area contributed by atoms with Crippen molar-refractivity contribution in [3.05, 3.63) is 76.3 Å². The predicted molar refractivity (Wildman–Crippen MR) is 96.0 cm³/mol. The lowest BCUT2D eigenvalue weighted by atomic mass is 9.94. The molecule has 24 heavy (non-hydrogen) atoms. The molecule has 0 aromatic heterocycles. The quantitative estimate of drug-likeness (QED) is 0.730. The number of amides is 1. The number of fused-ring (bicyclic) bond motifs is 1. The second kappa shape index (κ2) is 6.18. The van der Waals surface area contributed by atoms with Gasteiger partial charge in [0.15, 0.2) is 0 Å². The van der Waals surface area contributed by atoms with Gasteiger partial charge in [0.25, 0.3) is 10.0 Å². The number of nitrogens with zero attached hydrogens (tertiary/aromatic N) is 1. The maximum Gasteiger partial charge on any atom is 0.267 e. The first-order valence-electron chi connectivity index (χ1n) is 7.39. The molecule has 0 N–H and O–H groups in total. The molecule has 0 saturated carbocycles. The van der Waals surface area contributed by atoms with Gasteiger partial charge in [-0.1, -0.05) is 45.8 Å². The van der Waals surface area contributed by atoms with E-state index in [0.29, 0.717) is 0 Å². The molecule has 0 spiro atoms. The van der Waals surface area contributed by atoms with Crippen LogP contribution in [0.3, 0.4) is 0 Å². The summed E-state index contributed by atoms with van der Waals surface area (Å²) in [6, 6.07) is 11.3. The van der Waals surface area contributed by atoms with Crippen molar-refractivity contribution >= 4 is 31.9 Å². The van der Waals surface area contributed by atoms with Crippen LogP contribution in [0.4, 0.5) is 0 Å². The summed E-state index contributed by atoms with van der Waals surface area (Å²) in [4.78, 5) is 12.7. The normalized spacial score (nSPS) is 17.5. The Hall–Kier alpha value is -1.92. The van der Waals surface area contributed by atoms with Crippen molar-refractivity contribution in [2.75, 3.05) is 0 Å². The highest BCUT2D eigenvalue weighted by molar-refractivity contribution is 9.10. The summed E-state index contributed by atoms with van der Waals surface area (Å²) < 4.78 is 27.8. The Morgan fingerprint density at radius 2 is 1.88 bits per heavy atom. The van der Waals surface area contributed by atoms with Gasteiger partial charge in [0, 0.05) is 4.47 Å². The van der Waals surface area contributed by atoms with Gasteiger partial charge in [-0.25, -0.2) is 12.7 Å². The van der Waals surface area contributed by atoms with Gasteiger partial charge in [-0.05, 0) is 42.3 Å². The maximum atomic E-state index is 13.0. The Bertz CT molecular complexity index is 920. The van der Waals surface area contributed by atoms with Crippen molar-refractivity contribution in [1.82, 2.24) is 4.31 Å². The van der Waals surface area contributed by atoms with Crippen molar-refractivity contribution in [1.29, 1.82) is 0 Å². The molecule has 2 aromatic carbocycles. The van der Waals surface area contributed by atoms with E-state index in [9.17, 15) is 13.2 Å². The van der Waals surface area contributed by atoms with E-state index in [4.69, 9.17) is 0 Å². The standard InChI is InChI=1S/C18H16BrNO3S/c1-3-17-16-11-14(19)7-6-13(16)10-18(21)20(17)24(22,23)15-8-4-12(2)5-9-15/h3-9,11,17H,1,10H2,2H3. The van der Waals surface area contributed by atoms with E-state index in [2.05, 4.69) is 22.5 Å². The summed E-state index contributed by atoms with van der Waals surface area (Å²) in [6.45, 7) is 5.62. The van der Waals surface area contributed by atoms with Gasteiger partial charge in [0.05, 0.1) is 17.4 Å². The van der Waals surface area contributed by atoms with Crippen molar-refractivity contribution in [3.63, 3.8) is 0 Å². The minimum atomic E-state index is -3.95. The number of sulfonamides is 1. The lowest BCUT2D eigenvalue weighted by Crippen LogP contribution is -2.43. The molecule has 3 rings (SSSR count). The zero-order valence-corrected chi connectivity index (χ0v) is 15.5. The number of hydrogen-bond acceptors (Lipinski definition) is 3. The summed E-state index contributed by atoms with van der Waals surface area (Å²) in [5.41, 5.74) is 2.55. The molecule has 1 aliphatic heterocycles. The van der Waals surface area contributed by atoms with Crippen LogP contribution in [-0.4, -0.2) is 18.6 Å². The van der Waals surface area contributed by atoms with Crippen molar-refractivity contribution in [3.8, 4) is 0 Å². The third-order valence-electron chi connectivity index (χ3n) is 4.07. The minimum Gasteiger partial charge on any atom is -0.273 e. The summed E-state index contributed by atoms with van der Waals surface area (Å²) in [5.74, 6) is -0.449. The monoisotopic (exact) mass is 405 g/mol. The summed E-state index contributed by atoms with van der Waals surface area (Å²) in [5, 5.41) is 0. The Morgan fingerprint density at radius 1 is 1.21 bits per heavy atom. The van der Waals surface area contributed by atoms with Crippen LogP contribution >= 0.6 is 15.9 Å². The number of halogens is 1. The van der Waals surface area contributed by atoms with Crippen molar-refractivity contribution in [2.24, 2.45) is 0 Å². The minimum absolute atomic E-state index is 0.0536. The molecule has 1 heterocycles. The van der Waals surface area contributed by atoms with Crippen LogP contribution < -0.4 is 0 Å². The molecule has 0 aliphatic carbocycles. The Morgan fingerprint density at radius 3 is 2.50 bits per heavy atom. The van der Waals surface area contributed by atoms with Gasteiger partial charge >= 0.3 is 0 Å². The first-order valence-corrected chi connectivity index (χ1v) is 9.62. The summed E-state index contributed by atoms with van der Waals surface area (Å²) >= 11 is 3.40. The van der Waals surface area contributed by atoms with Crippen LogP contribution in [-0.2, 0) is 21.2 Å². The van der Waals surface area contributed by atoms with Crippen LogP contribution in [0.25, 0.3) is 0 Å². The van der Waals surface area contributed by atoms with Gasteiger partial charge in [0.1, 0.15) is 0 Å². The first kappa shape index (κ1) is 16.9. The van der Waals surface area contributed by atoms with Crippen LogP contribution in [0, 0.1) is 6.92 Å². The number of aryl methyl sites for hydroxylation is 1. The molecule has 1 unspecified atom stereocenters. The molecule has 2 aromatic rings. The van der Waals surface area contributed by atoms with Gasteiger partial charge in [-0.15, -0.1) is 6.58 Å². The molecule has 6 heteroatoms. The lowest BCUT2D eigenvalue weighted by Gasteiger charge is -2.34. The summed E-state index contributed by atoms with van der Waals surface area (Å²) in [7, 11) is -3.95. The van der Waals surface area contributed by atoms with E-state index in [-0.39, 0.29) is 11.3 Å². The van der Waals surface area contributed by atoms with Crippen molar-refractivity contribution < 1.29 is 13.2 Å². The number of carbonyl (C=O) groups is 1. The Balaban J connectivity index is 2.14. The Labute approximate surface area is 150 Å². The van der Waals surface area contributed by atoms with Gasteiger partial charge in [0.2, 0.25) is 5.91 Å². The van der Waals surface area contributed by atoms with Crippen molar-refractivity contribution in [2.45, 2.75) is 24.3 Å². The highest BCUT2D eigenvalue weighted by atomic mass is 79.9. The topological polar surface area (TPSA) is 54.5 Å². The molecule has 0 saturated heterocycles. The van der Waals surface area contributed by atoms with E-state index in [1.54, 1.807) is 12.1 Å². The molecule has 0 bridgehead atoms. The van der Waals surface area contributed by atoms with E-state index >= 15 is 0 Å². The number of carbonyl (C=O) groups excluding carboxylic acids is 1. The third kappa shape index (κ3) is 2.80. The molecular weight excluding hydrogens is 390 g/mol. The molecule has 4 nitrogen and oxygen atoms in total. The highest BCUT2D eigenvalue weighted by Crippen LogP contribution is 2.36. The highest BCUT2D eigenvalue weighted by Gasteiger charge is 2.39. The maximum absolute atomic E-state index is 13.0. The number of rotatable bonds is 3. The fraction of sp³-hybridized carbons (Fsp3) is 0.167. The lowest BCUT2D eigenvalue weighted by molar-refractivity contribution is -0.127. The fourth-order valence-electron chi connectivity index (χ4n) is 2.85. The SMILES string of the molecule is C=CC1c2cc(Br)ccc2CC(=O)N1S(=O)(=O)c1ccc(C)cc1. The average molecular weight is 406 g/mol. The van der Waals surface area contributed by atoms with E-state index in [1.807, 2.05) is 25.1 Å². The predicted octanol–water partition coefficient (Wildman–Crippen LogP) is 3.76. The second-order valence-electron chi connectivity index (χ2n) is 5.71. The first-order chi connectivity index (χ1) is 11.3. The largest absolute Gasteiger partial charge is 0.273 e. The summed E-state index contributed by atoms with van der Waals surface area (Å²) in [6.07, 6.45) is 1.55. The molecule has 1 aliphatic rings. The zero-order valence-electron chi connectivity index (χ0n) is 13.1. The number of benzene rings is 2. The average Bonchev–Trinajstić information content (AvgIpc) is 2.54. The van der Waals surface area contributed by atoms with Crippen LogP contribution in [0.1, 0.15) is 22.7 Å². The molecule has 124 valence electrons. The van der Waals surface area contributed by atoms with E-state index in [0.717, 1.165) is 25.5 Å².